The molecule has 136 valence electrons. The molecule has 28 heavy (non-hydrogen) atoms. The molecule has 1 aliphatic carbocycles. The van der Waals surface area contributed by atoms with Crippen LogP contribution in [-0.2, 0) is 5.41 Å². The minimum absolute atomic E-state index is 0.129. The topological polar surface area (TPSA) is 17.1 Å². The van der Waals surface area contributed by atoms with Crippen molar-refractivity contribution >= 4 is 17.1 Å². The Hall–Kier alpha value is -2.97. The summed E-state index contributed by atoms with van der Waals surface area (Å²) >= 11 is 1.53. The monoisotopic (exact) mass is 380 g/mol. The van der Waals surface area contributed by atoms with Crippen molar-refractivity contribution in [3.63, 3.8) is 0 Å². The molecule has 0 bridgehead atoms. The Kier molecular flexibility index (Phi) is 4.22. The summed E-state index contributed by atoms with van der Waals surface area (Å²) in [5.74, 6) is 0.103. The number of carbonyl (C=O) groups is 1. The molecule has 0 aliphatic heterocycles. The van der Waals surface area contributed by atoms with Crippen LogP contribution in [-0.4, -0.2) is 5.78 Å². The number of rotatable bonds is 4. The molecule has 3 aromatic carbocycles. The maximum absolute atomic E-state index is 13.4. The zero-order valence-electron chi connectivity index (χ0n) is 15.4. The Balaban J connectivity index is 1.76. The van der Waals surface area contributed by atoms with E-state index in [2.05, 4.69) is 84.9 Å². The van der Waals surface area contributed by atoms with Crippen molar-refractivity contribution in [3.8, 4) is 0 Å². The minimum Gasteiger partial charge on any atom is -0.293 e. The SMILES string of the molecule is O=C(c1cccs1)C1CC(c2ccccc2)(c2ccccc2)c2ccccc21. The van der Waals surface area contributed by atoms with Crippen molar-refractivity contribution < 1.29 is 4.79 Å². The van der Waals surface area contributed by atoms with E-state index in [1.807, 2.05) is 17.5 Å². The summed E-state index contributed by atoms with van der Waals surface area (Å²) in [6.45, 7) is 0. The molecule has 1 unspecified atom stereocenters. The third-order valence-corrected chi connectivity index (χ3v) is 6.80. The lowest BCUT2D eigenvalue weighted by Crippen LogP contribution is -2.27. The van der Waals surface area contributed by atoms with Gasteiger partial charge in [0.1, 0.15) is 0 Å². The van der Waals surface area contributed by atoms with Crippen molar-refractivity contribution in [2.24, 2.45) is 0 Å². The largest absolute Gasteiger partial charge is 0.293 e. The Morgan fingerprint density at radius 1 is 0.750 bits per heavy atom. The first-order valence-corrected chi connectivity index (χ1v) is 10.5. The molecule has 1 heterocycles. The summed E-state index contributed by atoms with van der Waals surface area (Å²) in [7, 11) is 0. The van der Waals surface area contributed by atoms with Crippen molar-refractivity contribution in [2.75, 3.05) is 0 Å². The normalized spacial score (nSPS) is 17.2. The highest BCUT2D eigenvalue weighted by Crippen LogP contribution is 2.54. The second-order valence-electron chi connectivity index (χ2n) is 7.32. The molecule has 0 saturated carbocycles. The number of ketones is 1. The lowest BCUT2D eigenvalue weighted by Gasteiger charge is -2.32. The number of hydrogen-bond acceptors (Lipinski definition) is 2. The van der Waals surface area contributed by atoms with Crippen LogP contribution in [0.15, 0.2) is 102 Å². The van der Waals surface area contributed by atoms with Crippen molar-refractivity contribution in [1.29, 1.82) is 0 Å². The van der Waals surface area contributed by atoms with E-state index in [0.717, 1.165) is 16.9 Å². The van der Waals surface area contributed by atoms with Gasteiger partial charge < -0.3 is 0 Å². The standard InChI is InChI=1S/C26H20OS/c27-25(24-16-9-17-28-24)22-18-26(19-10-3-1-4-11-19,20-12-5-2-6-13-20)23-15-8-7-14-21(22)23/h1-17,22H,18H2. The van der Waals surface area contributed by atoms with Crippen LogP contribution in [0.3, 0.4) is 0 Å². The highest BCUT2D eigenvalue weighted by Gasteiger charge is 2.48. The van der Waals surface area contributed by atoms with E-state index in [4.69, 9.17) is 0 Å². The van der Waals surface area contributed by atoms with Crippen LogP contribution in [0.5, 0.6) is 0 Å². The van der Waals surface area contributed by atoms with E-state index in [9.17, 15) is 4.79 Å². The summed E-state index contributed by atoms with van der Waals surface area (Å²) in [4.78, 5) is 14.3. The molecule has 0 radical (unpaired) electrons. The van der Waals surface area contributed by atoms with Crippen LogP contribution in [0.4, 0.5) is 0 Å². The zero-order chi connectivity index (χ0) is 19.0. The fourth-order valence-corrected chi connectivity index (χ4v) is 5.42. The average Bonchev–Trinajstić information content (AvgIpc) is 3.42. The Morgan fingerprint density at radius 2 is 1.36 bits per heavy atom. The maximum atomic E-state index is 13.4. The molecule has 0 spiro atoms. The molecule has 0 saturated heterocycles. The number of hydrogen-bond donors (Lipinski definition) is 0. The summed E-state index contributed by atoms with van der Waals surface area (Å²) in [5.41, 5.74) is 4.60. The number of fused-ring (bicyclic) bond motifs is 1. The minimum atomic E-state index is -0.309. The van der Waals surface area contributed by atoms with Crippen LogP contribution in [0.2, 0.25) is 0 Å². The van der Waals surface area contributed by atoms with Gasteiger partial charge in [0.05, 0.1) is 10.8 Å². The molecule has 0 N–H and O–H groups in total. The van der Waals surface area contributed by atoms with Crippen LogP contribution in [0.1, 0.15) is 44.3 Å². The number of carbonyl (C=O) groups excluding carboxylic acids is 1. The van der Waals surface area contributed by atoms with Gasteiger partial charge in [-0.05, 0) is 40.1 Å². The van der Waals surface area contributed by atoms with Gasteiger partial charge in [0.25, 0.3) is 0 Å². The highest BCUT2D eigenvalue weighted by atomic mass is 32.1. The molecule has 1 aromatic heterocycles. The van der Waals surface area contributed by atoms with Gasteiger partial charge in [-0.2, -0.15) is 0 Å². The third-order valence-electron chi connectivity index (χ3n) is 5.92. The summed E-state index contributed by atoms with van der Waals surface area (Å²) in [5, 5.41) is 1.98. The van der Waals surface area contributed by atoms with Gasteiger partial charge in [-0.1, -0.05) is 91.0 Å². The van der Waals surface area contributed by atoms with Crippen molar-refractivity contribution in [3.05, 3.63) is 130 Å². The fourth-order valence-electron chi connectivity index (χ4n) is 4.70. The lowest BCUT2D eigenvalue weighted by molar-refractivity contribution is 0.0959. The molecule has 4 aromatic rings. The summed E-state index contributed by atoms with van der Waals surface area (Å²) in [6, 6.07) is 33.7. The van der Waals surface area contributed by atoms with Crippen LogP contribution < -0.4 is 0 Å². The van der Waals surface area contributed by atoms with Crippen molar-refractivity contribution in [2.45, 2.75) is 17.8 Å². The number of thiophene rings is 1. The first kappa shape index (κ1) is 17.2. The van der Waals surface area contributed by atoms with E-state index in [0.29, 0.717) is 0 Å². The molecule has 0 amide bonds. The van der Waals surface area contributed by atoms with Gasteiger partial charge in [0.2, 0.25) is 0 Å². The Bertz CT molecular complexity index is 1060. The second-order valence-corrected chi connectivity index (χ2v) is 8.27. The van der Waals surface area contributed by atoms with Gasteiger partial charge >= 0.3 is 0 Å². The highest BCUT2D eigenvalue weighted by molar-refractivity contribution is 7.12. The first-order chi connectivity index (χ1) is 13.8. The van der Waals surface area contributed by atoms with Gasteiger partial charge in [0.15, 0.2) is 5.78 Å². The Morgan fingerprint density at radius 3 is 1.96 bits per heavy atom. The van der Waals surface area contributed by atoms with E-state index in [1.165, 1.54) is 28.0 Å². The van der Waals surface area contributed by atoms with Gasteiger partial charge in [0, 0.05) is 5.41 Å². The van der Waals surface area contributed by atoms with E-state index < -0.39 is 0 Å². The maximum Gasteiger partial charge on any atom is 0.180 e. The average molecular weight is 381 g/mol. The lowest BCUT2D eigenvalue weighted by atomic mass is 9.70. The molecule has 0 fully saturated rings. The second kappa shape index (κ2) is 6.88. The number of benzene rings is 3. The molecule has 1 atom stereocenters. The van der Waals surface area contributed by atoms with Crippen LogP contribution in [0, 0.1) is 0 Å². The predicted octanol–water partition coefficient (Wildman–Crippen LogP) is 6.45. The Labute approximate surface area is 169 Å². The summed E-state index contributed by atoms with van der Waals surface area (Å²) in [6.07, 6.45) is 0.761. The first-order valence-electron chi connectivity index (χ1n) is 9.59. The van der Waals surface area contributed by atoms with E-state index in [-0.39, 0.29) is 17.1 Å². The molecular weight excluding hydrogens is 360 g/mol. The molecule has 1 aliphatic rings. The quantitative estimate of drug-likeness (QED) is 0.372. The van der Waals surface area contributed by atoms with Crippen LogP contribution >= 0.6 is 11.3 Å². The van der Waals surface area contributed by atoms with E-state index >= 15 is 0 Å². The molecular formula is C26H20OS. The predicted molar refractivity (Wildman–Crippen MR) is 115 cm³/mol. The van der Waals surface area contributed by atoms with Gasteiger partial charge in [-0.3, -0.25) is 4.79 Å². The van der Waals surface area contributed by atoms with Crippen molar-refractivity contribution in [1.82, 2.24) is 0 Å². The fraction of sp³-hybridized carbons (Fsp3) is 0.115. The van der Waals surface area contributed by atoms with Crippen LogP contribution in [0.25, 0.3) is 0 Å². The smallest absolute Gasteiger partial charge is 0.180 e. The van der Waals surface area contributed by atoms with E-state index in [1.54, 1.807) is 0 Å². The van der Waals surface area contributed by atoms with Gasteiger partial charge in [-0.25, -0.2) is 0 Å². The molecule has 1 nitrogen and oxygen atoms in total. The molecule has 5 rings (SSSR count). The molecule has 2 heteroatoms. The number of Topliss-reactive ketones (excluding diaryl/α,β-unsaturated/α-hetero) is 1. The zero-order valence-corrected chi connectivity index (χ0v) is 16.2. The third kappa shape index (κ3) is 2.56. The van der Waals surface area contributed by atoms with Gasteiger partial charge in [-0.15, -0.1) is 11.3 Å². The summed E-state index contributed by atoms with van der Waals surface area (Å²) < 4.78 is 0.